The van der Waals surface area contributed by atoms with Crippen LogP contribution in [0, 0.1) is 0 Å². The van der Waals surface area contributed by atoms with Crippen molar-refractivity contribution in [2.75, 3.05) is 33.7 Å². The van der Waals surface area contributed by atoms with E-state index in [0.717, 1.165) is 19.5 Å². The van der Waals surface area contributed by atoms with E-state index in [2.05, 4.69) is 51.6 Å². The largest absolute Gasteiger partial charge is 0.368 e. The molecule has 1 unspecified atom stereocenters. The molecule has 0 aromatic rings. The molecule has 0 aromatic heterocycles. The normalized spacial score (nSPS) is 34.8. The average molecular weight is 283 g/mol. The van der Waals surface area contributed by atoms with Crippen molar-refractivity contribution in [1.29, 1.82) is 0 Å². The summed E-state index contributed by atoms with van der Waals surface area (Å²) in [4.78, 5) is 4.97. The smallest absolute Gasteiger partial charge is 0.0830 e. The zero-order valence-corrected chi connectivity index (χ0v) is 14.2. The lowest BCUT2D eigenvalue weighted by atomic mass is 9.76. The molecule has 2 rings (SSSR count). The van der Waals surface area contributed by atoms with Crippen LogP contribution in [0.1, 0.15) is 47.0 Å². The minimum absolute atomic E-state index is 0.0201. The predicted molar refractivity (Wildman–Crippen MR) is 83.9 cm³/mol. The molecule has 20 heavy (non-hydrogen) atoms. The molecule has 2 heterocycles. The number of ether oxygens (including phenoxy) is 1. The highest BCUT2D eigenvalue weighted by Gasteiger charge is 2.59. The van der Waals surface area contributed by atoms with E-state index in [1.165, 1.54) is 12.8 Å². The lowest BCUT2D eigenvalue weighted by Crippen LogP contribution is -2.65. The second-order valence-electron chi connectivity index (χ2n) is 7.97. The molecule has 4 heteroatoms. The highest BCUT2D eigenvalue weighted by Crippen LogP contribution is 2.48. The van der Waals surface area contributed by atoms with Crippen LogP contribution < -0.4 is 5.73 Å². The second kappa shape index (κ2) is 5.24. The zero-order valence-electron chi connectivity index (χ0n) is 14.2. The highest BCUT2D eigenvalue weighted by molar-refractivity contribution is 5.13. The third kappa shape index (κ3) is 2.63. The summed E-state index contributed by atoms with van der Waals surface area (Å²) in [6, 6.07) is 0.708. The van der Waals surface area contributed by atoms with Crippen molar-refractivity contribution in [2.45, 2.75) is 69.7 Å². The van der Waals surface area contributed by atoms with Gasteiger partial charge in [0, 0.05) is 25.7 Å². The fraction of sp³-hybridized carbons (Fsp3) is 1.00. The Kier molecular flexibility index (Phi) is 4.25. The summed E-state index contributed by atoms with van der Waals surface area (Å²) in [5, 5.41) is 0. The Morgan fingerprint density at radius 2 is 1.70 bits per heavy atom. The molecule has 0 saturated carbocycles. The third-order valence-electron chi connectivity index (χ3n) is 5.51. The number of nitrogens with two attached hydrogens (primary N) is 1. The van der Waals surface area contributed by atoms with Crippen LogP contribution in [0.25, 0.3) is 0 Å². The first kappa shape index (κ1) is 16.2. The SMILES string of the molecule is CN(C)C1CCN(C2(CN)CC(C)(C)OC2(C)C)CC1. The van der Waals surface area contributed by atoms with Gasteiger partial charge in [-0.1, -0.05) is 0 Å². The van der Waals surface area contributed by atoms with Gasteiger partial charge in [0.25, 0.3) is 0 Å². The van der Waals surface area contributed by atoms with E-state index < -0.39 is 0 Å². The molecule has 2 saturated heterocycles. The lowest BCUT2D eigenvalue weighted by Gasteiger charge is -2.50. The molecule has 0 aromatic carbocycles. The van der Waals surface area contributed by atoms with E-state index in [4.69, 9.17) is 10.5 Å². The highest BCUT2D eigenvalue weighted by atomic mass is 16.5. The van der Waals surface area contributed by atoms with E-state index in [1.807, 2.05) is 0 Å². The Morgan fingerprint density at radius 3 is 2.05 bits per heavy atom. The van der Waals surface area contributed by atoms with Crippen molar-refractivity contribution in [3.63, 3.8) is 0 Å². The molecule has 0 bridgehead atoms. The Hall–Kier alpha value is -0.160. The van der Waals surface area contributed by atoms with Crippen LogP contribution in [0.4, 0.5) is 0 Å². The van der Waals surface area contributed by atoms with Crippen LogP contribution in [-0.4, -0.2) is 66.3 Å². The Bertz CT molecular complexity index is 346. The summed E-state index contributed by atoms with van der Waals surface area (Å²) in [6.07, 6.45) is 3.48. The van der Waals surface area contributed by atoms with Crippen molar-refractivity contribution in [3.05, 3.63) is 0 Å². The van der Waals surface area contributed by atoms with Gasteiger partial charge in [0.2, 0.25) is 0 Å². The molecule has 2 fully saturated rings. The van der Waals surface area contributed by atoms with Gasteiger partial charge in [-0.3, -0.25) is 4.90 Å². The monoisotopic (exact) mass is 283 g/mol. The fourth-order valence-electron chi connectivity index (χ4n) is 4.49. The van der Waals surface area contributed by atoms with Crippen molar-refractivity contribution < 1.29 is 4.74 Å². The lowest BCUT2D eigenvalue weighted by molar-refractivity contribution is -0.108. The summed E-state index contributed by atoms with van der Waals surface area (Å²) < 4.78 is 6.34. The van der Waals surface area contributed by atoms with E-state index in [0.29, 0.717) is 12.6 Å². The molecule has 0 spiro atoms. The van der Waals surface area contributed by atoms with Gasteiger partial charge in [-0.25, -0.2) is 0 Å². The molecule has 4 nitrogen and oxygen atoms in total. The average Bonchev–Trinajstić information content (AvgIpc) is 2.54. The van der Waals surface area contributed by atoms with E-state index in [-0.39, 0.29) is 16.7 Å². The van der Waals surface area contributed by atoms with Crippen LogP contribution in [0.15, 0.2) is 0 Å². The minimum Gasteiger partial charge on any atom is -0.368 e. The van der Waals surface area contributed by atoms with Gasteiger partial charge in [-0.15, -0.1) is 0 Å². The van der Waals surface area contributed by atoms with Crippen molar-refractivity contribution >= 4 is 0 Å². The number of hydrogen-bond donors (Lipinski definition) is 1. The maximum absolute atomic E-state index is 6.34. The molecule has 0 aliphatic carbocycles. The third-order valence-corrected chi connectivity index (χ3v) is 5.51. The van der Waals surface area contributed by atoms with E-state index >= 15 is 0 Å². The molecule has 2 aliphatic heterocycles. The van der Waals surface area contributed by atoms with Crippen molar-refractivity contribution in [1.82, 2.24) is 9.80 Å². The molecule has 1 atom stereocenters. The topological polar surface area (TPSA) is 41.7 Å². The molecular weight excluding hydrogens is 250 g/mol. The number of rotatable bonds is 3. The number of piperidine rings is 1. The first-order valence-corrected chi connectivity index (χ1v) is 7.95. The maximum Gasteiger partial charge on any atom is 0.0830 e. The van der Waals surface area contributed by atoms with E-state index in [9.17, 15) is 0 Å². The van der Waals surface area contributed by atoms with E-state index in [1.54, 1.807) is 0 Å². The summed E-state index contributed by atoms with van der Waals surface area (Å²) in [6.45, 7) is 11.7. The maximum atomic E-state index is 6.34. The molecule has 2 N–H and O–H groups in total. The Labute approximate surface area is 124 Å². The quantitative estimate of drug-likeness (QED) is 0.856. The van der Waals surface area contributed by atoms with Gasteiger partial charge >= 0.3 is 0 Å². The second-order valence-corrected chi connectivity index (χ2v) is 7.97. The van der Waals surface area contributed by atoms with Gasteiger partial charge in [0.05, 0.1) is 16.7 Å². The van der Waals surface area contributed by atoms with Crippen molar-refractivity contribution in [3.8, 4) is 0 Å². The van der Waals surface area contributed by atoms with Gasteiger partial charge in [0.15, 0.2) is 0 Å². The molecule has 0 radical (unpaired) electrons. The summed E-state index contributed by atoms with van der Waals surface area (Å²) in [7, 11) is 4.37. The number of likely N-dealkylation sites (tertiary alicyclic amines) is 1. The van der Waals surface area contributed by atoms with Crippen molar-refractivity contribution in [2.24, 2.45) is 5.73 Å². The molecular formula is C16H33N3O. The molecule has 118 valence electrons. The van der Waals surface area contributed by atoms with Gasteiger partial charge in [-0.05, 0) is 61.1 Å². The van der Waals surface area contributed by atoms with Crippen LogP contribution in [0.5, 0.6) is 0 Å². The number of nitrogens with zero attached hydrogens (tertiary/aromatic N) is 2. The fourth-order valence-corrected chi connectivity index (χ4v) is 4.49. The Morgan fingerprint density at radius 1 is 1.15 bits per heavy atom. The standard InChI is InChI=1S/C16H33N3O/c1-14(2)11-16(12-17,15(3,4)20-14)19-9-7-13(8-10-19)18(5)6/h13H,7-12,17H2,1-6H3. The molecule has 2 aliphatic rings. The van der Waals surface area contributed by atoms with Gasteiger partial charge < -0.3 is 15.4 Å². The van der Waals surface area contributed by atoms with Crippen LogP contribution >= 0.6 is 0 Å². The zero-order chi connectivity index (χ0) is 15.2. The molecule has 0 amide bonds. The van der Waals surface area contributed by atoms with Crippen LogP contribution in [-0.2, 0) is 4.74 Å². The Balaban J connectivity index is 2.17. The van der Waals surface area contributed by atoms with Crippen LogP contribution in [0.3, 0.4) is 0 Å². The summed E-state index contributed by atoms with van der Waals surface area (Å²) in [5.41, 5.74) is 5.97. The summed E-state index contributed by atoms with van der Waals surface area (Å²) in [5.74, 6) is 0. The number of hydrogen-bond acceptors (Lipinski definition) is 4. The van der Waals surface area contributed by atoms with Gasteiger partial charge in [0.1, 0.15) is 0 Å². The first-order chi connectivity index (χ1) is 9.13. The van der Waals surface area contributed by atoms with Gasteiger partial charge in [-0.2, -0.15) is 0 Å². The van der Waals surface area contributed by atoms with Crippen LogP contribution in [0.2, 0.25) is 0 Å². The summed E-state index contributed by atoms with van der Waals surface area (Å²) >= 11 is 0. The minimum atomic E-state index is -0.184. The first-order valence-electron chi connectivity index (χ1n) is 7.95. The predicted octanol–water partition coefficient (Wildman–Crippen LogP) is 1.69.